The average Bonchev–Trinajstić information content (AvgIpc) is 3.01. The highest BCUT2D eigenvalue weighted by Gasteiger charge is 2.28. The summed E-state index contributed by atoms with van der Waals surface area (Å²) >= 11 is 0. The zero-order valence-corrected chi connectivity index (χ0v) is 11.4. The van der Waals surface area contributed by atoms with Gasteiger partial charge in [-0.15, -0.1) is 5.10 Å². The number of nitrogens with two attached hydrogens (primary N) is 1. The van der Waals surface area contributed by atoms with Crippen LogP contribution in [-0.2, 0) is 0 Å². The van der Waals surface area contributed by atoms with E-state index >= 15 is 0 Å². The van der Waals surface area contributed by atoms with Gasteiger partial charge in [0.15, 0.2) is 5.82 Å². The Morgan fingerprint density at radius 2 is 2.16 bits per heavy atom. The fraction of sp³-hybridized carbons (Fsp3) is 0.500. The summed E-state index contributed by atoms with van der Waals surface area (Å²) in [5.41, 5.74) is 8.84. The SMILES string of the molecule is Cc1c(N)cccc1-c1nnnn1C1CCCC1C. The van der Waals surface area contributed by atoms with Crippen LogP contribution in [0.4, 0.5) is 5.69 Å². The van der Waals surface area contributed by atoms with Crippen molar-refractivity contribution in [1.82, 2.24) is 20.2 Å². The maximum absolute atomic E-state index is 5.98. The summed E-state index contributed by atoms with van der Waals surface area (Å²) in [6, 6.07) is 6.30. The first kappa shape index (κ1) is 12.1. The number of hydrogen-bond acceptors (Lipinski definition) is 4. The highest BCUT2D eigenvalue weighted by Crippen LogP contribution is 2.37. The summed E-state index contributed by atoms with van der Waals surface area (Å²) in [5, 5.41) is 12.3. The lowest BCUT2D eigenvalue weighted by Crippen LogP contribution is -2.15. The van der Waals surface area contributed by atoms with Gasteiger partial charge in [0.1, 0.15) is 0 Å². The molecule has 0 saturated heterocycles. The molecule has 2 aromatic rings. The van der Waals surface area contributed by atoms with E-state index in [0.717, 1.165) is 29.1 Å². The molecule has 1 aliphatic carbocycles. The monoisotopic (exact) mass is 257 g/mol. The Morgan fingerprint density at radius 3 is 2.89 bits per heavy atom. The van der Waals surface area contributed by atoms with Crippen molar-refractivity contribution in [2.75, 3.05) is 5.73 Å². The van der Waals surface area contributed by atoms with Gasteiger partial charge in [-0.1, -0.05) is 25.5 Å². The van der Waals surface area contributed by atoms with Crippen molar-refractivity contribution in [3.05, 3.63) is 23.8 Å². The van der Waals surface area contributed by atoms with Crippen molar-refractivity contribution >= 4 is 5.69 Å². The number of anilines is 1. The van der Waals surface area contributed by atoms with E-state index in [-0.39, 0.29) is 0 Å². The Balaban J connectivity index is 2.07. The van der Waals surface area contributed by atoms with Gasteiger partial charge in [-0.3, -0.25) is 0 Å². The van der Waals surface area contributed by atoms with Crippen molar-refractivity contribution in [3.63, 3.8) is 0 Å². The van der Waals surface area contributed by atoms with E-state index in [1.807, 2.05) is 29.8 Å². The van der Waals surface area contributed by atoms with Crippen molar-refractivity contribution in [3.8, 4) is 11.4 Å². The van der Waals surface area contributed by atoms with E-state index in [1.54, 1.807) is 0 Å². The quantitative estimate of drug-likeness (QED) is 0.839. The summed E-state index contributed by atoms with van der Waals surface area (Å²) in [6.45, 7) is 4.29. The molecular weight excluding hydrogens is 238 g/mol. The summed E-state index contributed by atoms with van der Waals surface area (Å²) in [6.07, 6.45) is 3.65. The second-order valence-corrected chi connectivity index (χ2v) is 5.44. The van der Waals surface area contributed by atoms with Crippen LogP contribution in [0.2, 0.25) is 0 Å². The fourth-order valence-electron chi connectivity index (χ4n) is 2.98. The van der Waals surface area contributed by atoms with Crippen molar-refractivity contribution in [1.29, 1.82) is 0 Å². The molecular formula is C14H19N5. The van der Waals surface area contributed by atoms with Gasteiger partial charge in [0.05, 0.1) is 6.04 Å². The van der Waals surface area contributed by atoms with Crippen LogP contribution < -0.4 is 5.73 Å². The molecule has 3 rings (SSSR count). The molecule has 5 heteroatoms. The molecule has 5 nitrogen and oxygen atoms in total. The molecule has 2 unspecified atom stereocenters. The zero-order valence-electron chi connectivity index (χ0n) is 11.4. The molecule has 1 aromatic carbocycles. The number of nitrogens with zero attached hydrogens (tertiary/aromatic N) is 4. The van der Waals surface area contributed by atoms with E-state index < -0.39 is 0 Å². The van der Waals surface area contributed by atoms with Crippen LogP contribution in [-0.4, -0.2) is 20.2 Å². The zero-order chi connectivity index (χ0) is 13.4. The van der Waals surface area contributed by atoms with Gasteiger partial charge in [-0.05, 0) is 47.7 Å². The summed E-state index contributed by atoms with van der Waals surface area (Å²) in [4.78, 5) is 0. The fourth-order valence-corrected chi connectivity index (χ4v) is 2.98. The molecule has 1 aliphatic rings. The van der Waals surface area contributed by atoms with Crippen LogP contribution in [0.3, 0.4) is 0 Å². The summed E-state index contributed by atoms with van der Waals surface area (Å²) in [7, 11) is 0. The standard InChI is InChI=1S/C14H19N5/c1-9-5-3-8-13(9)19-14(16-17-18-19)11-6-4-7-12(15)10(11)2/h4,6-7,9,13H,3,5,8,15H2,1-2H3. The number of aromatic nitrogens is 4. The molecule has 0 spiro atoms. The predicted molar refractivity (Wildman–Crippen MR) is 74.5 cm³/mol. The van der Waals surface area contributed by atoms with Crippen molar-refractivity contribution in [2.24, 2.45) is 5.92 Å². The third-order valence-electron chi connectivity index (χ3n) is 4.24. The summed E-state index contributed by atoms with van der Waals surface area (Å²) < 4.78 is 1.99. The molecule has 0 amide bonds. The minimum atomic E-state index is 0.408. The number of tetrazole rings is 1. The second-order valence-electron chi connectivity index (χ2n) is 5.44. The molecule has 2 N–H and O–H groups in total. The maximum atomic E-state index is 5.98. The van der Waals surface area contributed by atoms with Crippen LogP contribution >= 0.6 is 0 Å². The first-order valence-electron chi connectivity index (χ1n) is 6.82. The lowest BCUT2D eigenvalue weighted by atomic mass is 10.0. The molecule has 1 fully saturated rings. The highest BCUT2D eigenvalue weighted by molar-refractivity contribution is 5.67. The molecule has 2 atom stereocenters. The molecule has 1 saturated carbocycles. The number of hydrogen-bond donors (Lipinski definition) is 1. The minimum Gasteiger partial charge on any atom is -0.398 e. The first-order valence-corrected chi connectivity index (χ1v) is 6.82. The van der Waals surface area contributed by atoms with Crippen molar-refractivity contribution < 1.29 is 0 Å². The first-order chi connectivity index (χ1) is 9.18. The van der Waals surface area contributed by atoms with E-state index in [4.69, 9.17) is 5.73 Å². The Labute approximate surface area is 112 Å². The highest BCUT2D eigenvalue weighted by atomic mass is 15.6. The lowest BCUT2D eigenvalue weighted by Gasteiger charge is -2.17. The Bertz CT molecular complexity index is 589. The van der Waals surface area contributed by atoms with E-state index in [9.17, 15) is 0 Å². The maximum Gasteiger partial charge on any atom is 0.182 e. The number of nitrogen functional groups attached to an aromatic ring is 1. The number of benzene rings is 1. The van der Waals surface area contributed by atoms with Crippen molar-refractivity contribution in [2.45, 2.75) is 39.2 Å². The van der Waals surface area contributed by atoms with Gasteiger partial charge in [-0.2, -0.15) is 0 Å². The Hall–Kier alpha value is -1.91. The second kappa shape index (κ2) is 4.64. The van der Waals surface area contributed by atoms with Gasteiger partial charge in [0.25, 0.3) is 0 Å². The summed E-state index contributed by atoms with van der Waals surface area (Å²) in [5.74, 6) is 1.46. The third kappa shape index (κ3) is 1.99. The van der Waals surface area contributed by atoms with Crippen LogP contribution in [0.5, 0.6) is 0 Å². The normalized spacial score (nSPS) is 22.8. The van der Waals surface area contributed by atoms with Crippen LogP contribution in [0.1, 0.15) is 37.8 Å². The van der Waals surface area contributed by atoms with E-state index in [0.29, 0.717) is 12.0 Å². The van der Waals surface area contributed by atoms with Gasteiger partial charge >= 0.3 is 0 Å². The van der Waals surface area contributed by atoms with Crippen LogP contribution in [0.25, 0.3) is 11.4 Å². The van der Waals surface area contributed by atoms with Gasteiger partial charge < -0.3 is 5.73 Å². The predicted octanol–water partition coefficient (Wildman–Crippen LogP) is 2.59. The molecule has 1 aromatic heterocycles. The van der Waals surface area contributed by atoms with E-state index in [2.05, 4.69) is 22.4 Å². The van der Waals surface area contributed by atoms with Crippen LogP contribution in [0.15, 0.2) is 18.2 Å². The molecule has 0 bridgehead atoms. The lowest BCUT2D eigenvalue weighted by molar-refractivity contribution is 0.370. The largest absolute Gasteiger partial charge is 0.398 e. The molecule has 0 radical (unpaired) electrons. The van der Waals surface area contributed by atoms with Gasteiger partial charge in [-0.25, -0.2) is 4.68 Å². The molecule has 1 heterocycles. The van der Waals surface area contributed by atoms with Gasteiger partial charge in [0, 0.05) is 11.3 Å². The topological polar surface area (TPSA) is 69.6 Å². The smallest absolute Gasteiger partial charge is 0.182 e. The minimum absolute atomic E-state index is 0.408. The molecule has 100 valence electrons. The van der Waals surface area contributed by atoms with Crippen LogP contribution in [0, 0.1) is 12.8 Å². The van der Waals surface area contributed by atoms with E-state index in [1.165, 1.54) is 12.8 Å². The molecule has 0 aliphatic heterocycles. The Morgan fingerprint density at radius 1 is 1.32 bits per heavy atom. The Kier molecular flexibility index (Phi) is 2.97. The third-order valence-corrected chi connectivity index (χ3v) is 4.24. The molecule has 19 heavy (non-hydrogen) atoms. The average molecular weight is 257 g/mol. The van der Waals surface area contributed by atoms with Gasteiger partial charge in [0.2, 0.25) is 0 Å². The number of rotatable bonds is 2.